The smallest absolute Gasteiger partial charge is 0.416 e. The van der Waals surface area contributed by atoms with Gasteiger partial charge in [0.15, 0.2) is 0 Å². The Morgan fingerprint density at radius 3 is 2.46 bits per heavy atom. The van der Waals surface area contributed by atoms with Gasteiger partial charge in [0.2, 0.25) is 0 Å². The van der Waals surface area contributed by atoms with E-state index in [-0.39, 0.29) is 6.61 Å². The normalized spacial score (nSPS) is 11.1. The largest absolute Gasteiger partial charge is 0.462 e. The Hall–Kier alpha value is -3.42. The van der Waals surface area contributed by atoms with E-state index in [4.69, 9.17) is 4.74 Å². The first-order valence-electron chi connectivity index (χ1n) is 8.40. The number of benzene rings is 2. The highest BCUT2D eigenvalue weighted by molar-refractivity contribution is 5.93. The summed E-state index contributed by atoms with van der Waals surface area (Å²) in [6.07, 6.45) is -1.47. The number of esters is 1. The van der Waals surface area contributed by atoms with Crippen molar-refractivity contribution in [1.29, 1.82) is 0 Å². The molecule has 5 nitrogen and oxygen atoms in total. The van der Waals surface area contributed by atoms with Crippen LogP contribution in [0.25, 0.3) is 11.3 Å². The molecule has 28 heavy (non-hydrogen) atoms. The fraction of sp³-hybridized carbons (Fsp3) is 0.150. The lowest BCUT2D eigenvalue weighted by Crippen LogP contribution is -2.06. The molecule has 3 aromatic rings. The zero-order valence-corrected chi connectivity index (χ0v) is 14.8. The maximum Gasteiger partial charge on any atom is 0.416 e. The van der Waals surface area contributed by atoms with Crippen LogP contribution >= 0.6 is 0 Å². The van der Waals surface area contributed by atoms with Gasteiger partial charge in [-0.05, 0) is 55.5 Å². The molecule has 8 heteroatoms. The summed E-state index contributed by atoms with van der Waals surface area (Å²) < 4.78 is 43.2. The average Bonchev–Trinajstić information content (AvgIpc) is 2.69. The van der Waals surface area contributed by atoms with E-state index in [0.29, 0.717) is 28.2 Å². The summed E-state index contributed by atoms with van der Waals surface area (Å²) >= 11 is 0. The summed E-state index contributed by atoms with van der Waals surface area (Å²) in [6, 6.07) is 11.2. The van der Waals surface area contributed by atoms with E-state index >= 15 is 0 Å². The van der Waals surface area contributed by atoms with Crippen LogP contribution in [-0.4, -0.2) is 22.5 Å². The van der Waals surface area contributed by atoms with Crippen molar-refractivity contribution in [3.8, 4) is 11.3 Å². The van der Waals surface area contributed by atoms with E-state index in [1.54, 1.807) is 37.4 Å². The molecule has 0 unspecified atom stereocenters. The molecule has 144 valence electrons. The topological polar surface area (TPSA) is 64.1 Å². The van der Waals surface area contributed by atoms with Gasteiger partial charge in [-0.2, -0.15) is 13.2 Å². The van der Waals surface area contributed by atoms with Crippen LogP contribution in [0.1, 0.15) is 22.8 Å². The molecular formula is C20H16F3N3O2. The molecule has 0 atom stereocenters. The minimum Gasteiger partial charge on any atom is -0.462 e. The predicted octanol–water partition coefficient (Wildman–Crippen LogP) is 5.08. The van der Waals surface area contributed by atoms with Crippen molar-refractivity contribution < 1.29 is 22.7 Å². The number of carbonyl (C=O) groups excluding carboxylic acids is 1. The minimum atomic E-state index is -4.40. The number of hydrogen-bond donors (Lipinski definition) is 1. The van der Waals surface area contributed by atoms with Gasteiger partial charge in [-0.1, -0.05) is 0 Å². The molecule has 1 heterocycles. The Kier molecular flexibility index (Phi) is 5.58. The molecule has 1 N–H and O–H groups in total. The third-order valence-corrected chi connectivity index (χ3v) is 3.88. The van der Waals surface area contributed by atoms with E-state index in [1.165, 1.54) is 18.5 Å². The number of alkyl halides is 3. The summed E-state index contributed by atoms with van der Waals surface area (Å²) in [7, 11) is 0. The van der Waals surface area contributed by atoms with Crippen molar-refractivity contribution in [2.75, 3.05) is 11.9 Å². The van der Waals surface area contributed by atoms with Crippen molar-refractivity contribution in [3.05, 3.63) is 72.2 Å². The second-order valence-corrected chi connectivity index (χ2v) is 5.78. The molecule has 0 radical (unpaired) electrons. The standard InChI is InChI=1S/C20H16F3N3O2/c1-2-28-19(27)13-3-8-18(16(11-13)17-9-10-24-12-25-17)26-15-6-4-14(5-7-15)20(21,22)23/h3-12,26H,2H2,1H3. The molecule has 0 saturated heterocycles. The number of ether oxygens (including phenoxy) is 1. The van der Waals surface area contributed by atoms with Crippen LogP contribution in [0.2, 0.25) is 0 Å². The number of anilines is 2. The maximum absolute atomic E-state index is 12.7. The van der Waals surface area contributed by atoms with Crippen LogP contribution < -0.4 is 5.32 Å². The molecule has 0 aliphatic rings. The van der Waals surface area contributed by atoms with Crippen LogP contribution in [0, 0.1) is 0 Å². The Labute approximate surface area is 159 Å². The van der Waals surface area contributed by atoms with Crippen LogP contribution in [0.5, 0.6) is 0 Å². The number of carbonyl (C=O) groups is 1. The van der Waals surface area contributed by atoms with Gasteiger partial charge < -0.3 is 10.1 Å². The van der Waals surface area contributed by atoms with Gasteiger partial charge in [-0.25, -0.2) is 14.8 Å². The van der Waals surface area contributed by atoms with Gasteiger partial charge >= 0.3 is 12.1 Å². The highest BCUT2D eigenvalue weighted by atomic mass is 19.4. The average molecular weight is 387 g/mol. The van der Waals surface area contributed by atoms with E-state index in [9.17, 15) is 18.0 Å². The second kappa shape index (κ2) is 8.08. The Balaban J connectivity index is 1.97. The Morgan fingerprint density at radius 2 is 1.86 bits per heavy atom. The van der Waals surface area contributed by atoms with E-state index in [2.05, 4.69) is 15.3 Å². The lowest BCUT2D eigenvalue weighted by molar-refractivity contribution is -0.137. The van der Waals surface area contributed by atoms with Crippen LogP contribution in [0.4, 0.5) is 24.5 Å². The molecule has 0 aliphatic heterocycles. The van der Waals surface area contributed by atoms with Crippen LogP contribution in [-0.2, 0) is 10.9 Å². The van der Waals surface area contributed by atoms with Crippen molar-refractivity contribution in [3.63, 3.8) is 0 Å². The van der Waals surface area contributed by atoms with E-state index in [1.807, 2.05) is 0 Å². The third-order valence-electron chi connectivity index (χ3n) is 3.88. The highest BCUT2D eigenvalue weighted by Crippen LogP contribution is 2.33. The fourth-order valence-corrected chi connectivity index (χ4v) is 2.55. The second-order valence-electron chi connectivity index (χ2n) is 5.78. The van der Waals surface area contributed by atoms with Crippen molar-refractivity contribution in [2.45, 2.75) is 13.1 Å². The van der Waals surface area contributed by atoms with Crippen LogP contribution in [0.15, 0.2) is 61.1 Å². The monoisotopic (exact) mass is 387 g/mol. The van der Waals surface area contributed by atoms with Crippen LogP contribution in [0.3, 0.4) is 0 Å². The molecule has 0 saturated carbocycles. The first kappa shape index (κ1) is 19.3. The van der Waals surface area contributed by atoms with Gasteiger partial charge in [0.25, 0.3) is 0 Å². The number of rotatable bonds is 5. The zero-order chi connectivity index (χ0) is 20.1. The SMILES string of the molecule is CCOC(=O)c1ccc(Nc2ccc(C(F)(F)F)cc2)c(-c2ccncn2)c1. The number of aromatic nitrogens is 2. The Morgan fingerprint density at radius 1 is 1.11 bits per heavy atom. The van der Waals surface area contributed by atoms with E-state index in [0.717, 1.165) is 12.1 Å². The first-order chi connectivity index (χ1) is 13.4. The lowest BCUT2D eigenvalue weighted by Gasteiger charge is -2.14. The van der Waals surface area contributed by atoms with Gasteiger partial charge in [0.05, 0.1) is 23.4 Å². The molecule has 1 aromatic heterocycles. The number of hydrogen-bond acceptors (Lipinski definition) is 5. The minimum absolute atomic E-state index is 0.243. The molecule has 2 aromatic carbocycles. The van der Waals surface area contributed by atoms with Crippen molar-refractivity contribution >= 4 is 17.3 Å². The highest BCUT2D eigenvalue weighted by Gasteiger charge is 2.30. The fourth-order valence-electron chi connectivity index (χ4n) is 2.55. The lowest BCUT2D eigenvalue weighted by atomic mass is 10.0. The first-order valence-corrected chi connectivity index (χ1v) is 8.40. The summed E-state index contributed by atoms with van der Waals surface area (Å²) in [5.74, 6) is -0.473. The number of nitrogens with one attached hydrogen (secondary N) is 1. The molecular weight excluding hydrogens is 371 g/mol. The quantitative estimate of drug-likeness (QED) is 0.619. The van der Waals surface area contributed by atoms with Crippen molar-refractivity contribution in [2.24, 2.45) is 0 Å². The van der Waals surface area contributed by atoms with E-state index < -0.39 is 17.7 Å². The predicted molar refractivity (Wildman–Crippen MR) is 98.2 cm³/mol. The number of nitrogens with zero attached hydrogens (tertiary/aromatic N) is 2. The molecule has 0 aliphatic carbocycles. The maximum atomic E-state index is 12.7. The number of halogens is 3. The van der Waals surface area contributed by atoms with Gasteiger partial charge in [0, 0.05) is 23.1 Å². The van der Waals surface area contributed by atoms with Gasteiger partial charge in [-0.3, -0.25) is 0 Å². The Bertz CT molecular complexity index is 959. The molecule has 3 rings (SSSR count). The van der Waals surface area contributed by atoms with Crippen molar-refractivity contribution in [1.82, 2.24) is 9.97 Å². The molecule has 0 spiro atoms. The summed E-state index contributed by atoms with van der Waals surface area (Å²) in [6.45, 7) is 1.96. The summed E-state index contributed by atoms with van der Waals surface area (Å²) in [4.78, 5) is 20.1. The summed E-state index contributed by atoms with van der Waals surface area (Å²) in [5.41, 5.74) is 1.79. The third kappa shape index (κ3) is 4.46. The van der Waals surface area contributed by atoms with Gasteiger partial charge in [0.1, 0.15) is 6.33 Å². The van der Waals surface area contributed by atoms with Gasteiger partial charge in [-0.15, -0.1) is 0 Å². The summed E-state index contributed by atoms with van der Waals surface area (Å²) in [5, 5.41) is 3.07. The molecule has 0 amide bonds. The molecule has 0 bridgehead atoms. The molecule has 0 fully saturated rings. The zero-order valence-electron chi connectivity index (χ0n) is 14.8.